The summed E-state index contributed by atoms with van der Waals surface area (Å²) in [6.07, 6.45) is 0.737. The van der Waals surface area contributed by atoms with Gasteiger partial charge in [0, 0.05) is 13.1 Å². The monoisotopic (exact) mass is 391 g/mol. The van der Waals surface area contributed by atoms with Gasteiger partial charge in [0.05, 0.1) is 16.7 Å². The Morgan fingerprint density at radius 1 is 1.18 bits per heavy atom. The molecule has 6 heteroatoms. The molecule has 0 saturated carbocycles. The molecule has 2 fully saturated rings. The second kappa shape index (κ2) is 7.38. The number of carbonyl (C=O) groups is 1. The highest BCUT2D eigenvalue weighted by Crippen LogP contribution is 2.37. The zero-order valence-electron chi connectivity index (χ0n) is 22.1. The van der Waals surface area contributed by atoms with Gasteiger partial charge in [-0.05, 0) is 78.3 Å². The first-order valence-electron chi connectivity index (χ1n) is 12.0. The van der Waals surface area contributed by atoms with Crippen LogP contribution in [0.1, 0.15) is 78.3 Å². The smallest absolute Gasteiger partial charge is 0.444 e. The zero-order chi connectivity index (χ0) is 24.2. The summed E-state index contributed by atoms with van der Waals surface area (Å²) in [4.78, 5) is 14.0. The molecule has 0 spiro atoms. The minimum absolute atomic E-state index is 0.0326. The van der Waals surface area contributed by atoms with E-state index in [1.807, 2.05) is 48.5 Å². The molecule has 0 atom stereocenters. The Kier molecular flexibility index (Phi) is 4.29. The van der Waals surface area contributed by atoms with E-state index < -0.39 is 23.9 Å². The summed E-state index contributed by atoms with van der Waals surface area (Å²) in [5.41, 5.74) is -1.22. The topological polar surface area (TPSA) is 48.0 Å². The summed E-state index contributed by atoms with van der Waals surface area (Å²) in [7, 11) is -0.940. The molecule has 2 saturated heterocycles. The number of piperidine rings is 1. The van der Waals surface area contributed by atoms with Crippen molar-refractivity contribution >= 4 is 18.7 Å². The molecular formula is C22H34BNO4. The molecule has 0 N–H and O–H groups in total. The van der Waals surface area contributed by atoms with Gasteiger partial charge in [0.25, 0.3) is 0 Å². The molecule has 154 valence electrons. The van der Waals surface area contributed by atoms with Crippen molar-refractivity contribution in [3.63, 3.8) is 0 Å². The lowest BCUT2D eigenvalue weighted by molar-refractivity contribution is 0.00578. The third kappa shape index (κ3) is 4.55. The molecule has 1 aromatic rings. The van der Waals surface area contributed by atoms with Gasteiger partial charge in [-0.3, -0.25) is 0 Å². The van der Waals surface area contributed by atoms with Crippen molar-refractivity contribution in [2.45, 2.75) is 84.0 Å². The molecule has 0 aliphatic carbocycles. The van der Waals surface area contributed by atoms with Gasteiger partial charge in [-0.15, -0.1) is 0 Å². The Hall–Kier alpha value is -1.53. The summed E-state index contributed by atoms with van der Waals surface area (Å²) in [6, 6.07) is -0.495. The minimum atomic E-state index is -0.940. The Labute approximate surface area is 175 Å². The fraction of sp³-hybridized carbons (Fsp3) is 0.682. The van der Waals surface area contributed by atoms with Gasteiger partial charge >= 0.3 is 13.2 Å². The van der Waals surface area contributed by atoms with Gasteiger partial charge in [-0.25, -0.2) is 4.79 Å². The maximum absolute atomic E-state index is 12.4. The highest BCUT2D eigenvalue weighted by molar-refractivity contribution is 6.62. The molecule has 3 rings (SSSR count). The van der Waals surface area contributed by atoms with Crippen LogP contribution in [0.2, 0.25) is 0 Å². The largest absolute Gasteiger partial charge is 0.494 e. The van der Waals surface area contributed by atoms with Crippen LogP contribution in [0.3, 0.4) is 0 Å². The second-order valence-corrected chi connectivity index (χ2v) is 9.66. The molecule has 1 amide bonds. The number of ether oxygens (including phenoxy) is 1. The predicted molar refractivity (Wildman–Crippen MR) is 112 cm³/mol. The lowest BCUT2D eigenvalue weighted by atomic mass is 9.76. The van der Waals surface area contributed by atoms with Crippen LogP contribution in [-0.2, 0) is 14.0 Å². The van der Waals surface area contributed by atoms with Crippen LogP contribution in [0.25, 0.3) is 0 Å². The number of hydrogen-bond acceptors (Lipinski definition) is 4. The van der Waals surface area contributed by atoms with E-state index in [1.165, 1.54) is 0 Å². The van der Waals surface area contributed by atoms with Crippen molar-refractivity contribution in [2.75, 3.05) is 13.1 Å². The van der Waals surface area contributed by atoms with Crippen LogP contribution in [0.15, 0.2) is 24.2 Å². The molecular weight excluding hydrogens is 353 g/mol. The van der Waals surface area contributed by atoms with E-state index in [9.17, 15) is 4.79 Å². The molecule has 5 nitrogen and oxygen atoms in total. The first-order valence-corrected chi connectivity index (χ1v) is 9.99. The van der Waals surface area contributed by atoms with Crippen LogP contribution < -0.4 is 5.46 Å². The van der Waals surface area contributed by atoms with Gasteiger partial charge in [-0.2, -0.15) is 0 Å². The number of carbonyl (C=O) groups excluding carboxylic acids is 1. The van der Waals surface area contributed by atoms with Gasteiger partial charge < -0.3 is 18.9 Å². The van der Waals surface area contributed by atoms with Crippen molar-refractivity contribution in [3.8, 4) is 0 Å². The molecule has 2 aliphatic rings. The SMILES string of the molecule is [2H]c1c([2H])c(B2OC(C)(C)C(C)(C)O2)c([2H])c(C2CCN(C(=O)OC(C)(C)C)CC2)c1[2H]. The van der Waals surface area contributed by atoms with Crippen molar-refractivity contribution in [1.29, 1.82) is 0 Å². The number of rotatable bonds is 2. The first kappa shape index (κ1) is 16.3. The third-order valence-electron chi connectivity index (χ3n) is 5.71. The molecule has 0 radical (unpaired) electrons. The predicted octanol–water partition coefficient (Wildman–Crippen LogP) is 4.10. The average Bonchev–Trinajstić information content (AvgIpc) is 2.86. The summed E-state index contributed by atoms with van der Waals surface area (Å²) in [5.74, 6) is -0.167. The van der Waals surface area contributed by atoms with E-state index in [-0.39, 0.29) is 41.6 Å². The van der Waals surface area contributed by atoms with Gasteiger partial charge in [0.15, 0.2) is 0 Å². The fourth-order valence-corrected chi connectivity index (χ4v) is 3.33. The quantitative estimate of drug-likeness (QED) is 0.713. The highest BCUT2D eigenvalue weighted by atomic mass is 16.7. The van der Waals surface area contributed by atoms with Crippen LogP contribution in [0, 0.1) is 0 Å². The Morgan fingerprint density at radius 3 is 2.29 bits per heavy atom. The minimum Gasteiger partial charge on any atom is -0.444 e. The second-order valence-electron chi connectivity index (χ2n) is 9.66. The number of nitrogens with zero attached hydrogens (tertiary/aromatic N) is 1. The summed E-state index contributed by atoms with van der Waals surface area (Å²) in [5, 5.41) is 0. The Bertz CT molecular complexity index is 892. The number of benzene rings is 1. The van der Waals surface area contributed by atoms with Crippen LogP contribution in [-0.4, -0.2) is 48.0 Å². The van der Waals surface area contributed by atoms with E-state index in [4.69, 9.17) is 19.5 Å². The van der Waals surface area contributed by atoms with Gasteiger partial charge in [0.1, 0.15) is 5.60 Å². The number of amides is 1. The first-order chi connectivity index (χ1) is 14.6. The Balaban J connectivity index is 1.89. The summed E-state index contributed by atoms with van der Waals surface area (Å²) < 4.78 is 51.7. The lowest BCUT2D eigenvalue weighted by Gasteiger charge is -2.33. The van der Waals surface area contributed by atoms with Crippen LogP contribution in [0.4, 0.5) is 4.79 Å². The maximum Gasteiger partial charge on any atom is 0.494 e. The van der Waals surface area contributed by atoms with E-state index in [0.717, 1.165) is 0 Å². The highest BCUT2D eigenvalue weighted by Gasteiger charge is 2.51. The van der Waals surface area contributed by atoms with Crippen molar-refractivity contribution < 1.29 is 24.3 Å². The summed E-state index contributed by atoms with van der Waals surface area (Å²) in [6.45, 7) is 14.0. The molecule has 28 heavy (non-hydrogen) atoms. The van der Waals surface area contributed by atoms with Crippen molar-refractivity contribution in [1.82, 2.24) is 4.90 Å². The van der Waals surface area contributed by atoms with Crippen LogP contribution >= 0.6 is 0 Å². The molecule has 1 aromatic carbocycles. The molecule has 0 bridgehead atoms. The lowest BCUT2D eigenvalue weighted by Crippen LogP contribution is -2.41. The van der Waals surface area contributed by atoms with E-state index >= 15 is 0 Å². The number of hydrogen-bond donors (Lipinski definition) is 0. The van der Waals surface area contributed by atoms with E-state index in [2.05, 4.69) is 0 Å². The normalized spacial score (nSPS) is 24.4. The van der Waals surface area contributed by atoms with Gasteiger partial charge in [-0.1, -0.05) is 24.2 Å². The standard InChI is InChI=1S/C22H34BNO4/c1-20(2,3)26-19(25)24-13-11-16(12-14-24)17-9-8-10-18(15-17)23-27-21(4,5)22(6,7)28-23/h8-10,15-16H,11-14H2,1-7H3/i8D,9D,10D,15D. The maximum atomic E-state index is 12.4. The van der Waals surface area contributed by atoms with Gasteiger partial charge in [0.2, 0.25) is 0 Å². The fourth-order valence-electron chi connectivity index (χ4n) is 3.33. The molecule has 0 aromatic heterocycles. The molecule has 2 heterocycles. The van der Waals surface area contributed by atoms with E-state index in [0.29, 0.717) is 31.5 Å². The molecule has 0 unspecified atom stereocenters. The average molecular weight is 391 g/mol. The molecule has 2 aliphatic heterocycles. The third-order valence-corrected chi connectivity index (χ3v) is 5.71. The van der Waals surface area contributed by atoms with Crippen molar-refractivity contribution in [2.24, 2.45) is 0 Å². The Morgan fingerprint density at radius 2 is 1.75 bits per heavy atom. The zero-order valence-corrected chi connectivity index (χ0v) is 18.1. The van der Waals surface area contributed by atoms with Crippen LogP contribution in [0.5, 0.6) is 0 Å². The summed E-state index contributed by atoms with van der Waals surface area (Å²) >= 11 is 0. The van der Waals surface area contributed by atoms with E-state index in [1.54, 1.807) is 4.90 Å². The number of likely N-dealkylation sites (tertiary alicyclic amines) is 1. The van der Waals surface area contributed by atoms with Crippen molar-refractivity contribution in [3.05, 3.63) is 29.7 Å².